The quantitative estimate of drug-likeness (QED) is 0.510. The van der Waals surface area contributed by atoms with Crippen LogP contribution in [0, 0.1) is 19.7 Å². The maximum atomic E-state index is 14.2. The summed E-state index contributed by atoms with van der Waals surface area (Å²) in [6.07, 6.45) is 3.14. The second-order valence-electron chi connectivity index (χ2n) is 8.97. The number of anilines is 1. The Bertz CT molecular complexity index is 1510. The summed E-state index contributed by atoms with van der Waals surface area (Å²) in [7, 11) is 0. The van der Waals surface area contributed by atoms with Crippen molar-refractivity contribution in [3.63, 3.8) is 0 Å². The molecule has 1 atom stereocenters. The monoisotopic (exact) mass is 446 g/mol. The number of imidazole rings is 1. The van der Waals surface area contributed by atoms with Crippen molar-refractivity contribution >= 4 is 28.1 Å². The van der Waals surface area contributed by atoms with E-state index in [0.29, 0.717) is 54.0 Å². The van der Waals surface area contributed by atoms with Crippen molar-refractivity contribution in [2.75, 3.05) is 24.7 Å². The van der Waals surface area contributed by atoms with Gasteiger partial charge in [-0.3, -0.25) is 14.0 Å². The zero-order chi connectivity index (χ0) is 22.9. The third kappa shape index (κ3) is 3.01. The first kappa shape index (κ1) is 20.1. The highest BCUT2D eigenvalue weighted by Crippen LogP contribution is 2.33. The highest BCUT2D eigenvalue weighted by Gasteiger charge is 2.29. The molecule has 7 nitrogen and oxygen atoms in total. The van der Waals surface area contributed by atoms with Gasteiger partial charge in [0.1, 0.15) is 17.2 Å². The number of aromatic amines is 1. The molecule has 1 fully saturated rings. The van der Waals surface area contributed by atoms with Gasteiger partial charge in [0, 0.05) is 24.6 Å². The Labute approximate surface area is 188 Å². The zero-order valence-corrected chi connectivity index (χ0v) is 18.4. The van der Waals surface area contributed by atoms with Crippen LogP contribution in [0.3, 0.4) is 0 Å². The minimum Gasteiger partial charge on any atom is -0.381 e. The fourth-order valence-corrected chi connectivity index (χ4v) is 5.09. The Hall–Kier alpha value is -3.52. The van der Waals surface area contributed by atoms with Crippen LogP contribution in [-0.4, -0.2) is 40.0 Å². The van der Waals surface area contributed by atoms with E-state index in [9.17, 15) is 14.0 Å². The number of amides is 1. The van der Waals surface area contributed by atoms with Gasteiger partial charge in [0.05, 0.1) is 29.5 Å². The molecule has 4 heterocycles. The molecule has 1 N–H and O–H groups in total. The van der Waals surface area contributed by atoms with Crippen molar-refractivity contribution in [3.8, 4) is 0 Å². The molecule has 1 unspecified atom stereocenters. The Balaban J connectivity index is 1.49. The highest BCUT2D eigenvalue weighted by atomic mass is 19.1. The van der Waals surface area contributed by atoms with Crippen molar-refractivity contribution in [3.05, 3.63) is 74.7 Å². The minimum atomic E-state index is -0.320. The van der Waals surface area contributed by atoms with Crippen molar-refractivity contribution in [2.45, 2.75) is 32.6 Å². The van der Waals surface area contributed by atoms with E-state index in [2.05, 4.69) is 9.97 Å². The van der Waals surface area contributed by atoms with E-state index < -0.39 is 0 Å². The molecule has 168 valence electrons. The molecular weight excluding hydrogens is 423 g/mol. The van der Waals surface area contributed by atoms with Crippen LogP contribution in [0.4, 0.5) is 10.1 Å². The van der Waals surface area contributed by atoms with Crippen LogP contribution in [-0.2, 0) is 11.2 Å². The van der Waals surface area contributed by atoms with Gasteiger partial charge in [-0.2, -0.15) is 0 Å². The smallest absolute Gasteiger partial charge is 0.274 e. The number of nitrogens with zero attached hydrogens (tertiary/aromatic N) is 3. The summed E-state index contributed by atoms with van der Waals surface area (Å²) in [5.74, 6) is 0.404. The lowest BCUT2D eigenvalue weighted by Crippen LogP contribution is -2.29. The van der Waals surface area contributed by atoms with Gasteiger partial charge in [0.2, 0.25) is 0 Å². The summed E-state index contributed by atoms with van der Waals surface area (Å²) in [6.45, 7) is 5.36. The van der Waals surface area contributed by atoms with E-state index in [-0.39, 0.29) is 23.2 Å². The summed E-state index contributed by atoms with van der Waals surface area (Å²) in [4.78, 5) is 35.4. The second-order valence-corrected chi connectivity index (χ2v) is 8.97. The summed E-state index contributed by atoms with van der Waals surface area (Å²) in [6, 6.07) is 6.90. The SMILES string of the molecule is Cc1cc2c(cc1F)N(C(=O)c1cc3[nH]c(=O)c4cnc(C5CCOC5)n4c3cc1C)CC2. The lowest BCUT2D eigenvalue weighted by Gasteiger charge is -2.20. The summed E-state index contributed by atoms with van der Waals surface area (Å²) >= 11 is 0. The number of nitrogens with one attached hydrogen (secondary N) is 1. The van der Waals surface area contributed by atoms with Gasteiger partial charge in [0.25, 0.3) is 11.5 Å². The molecule has 6 rings (SSSR count). The summed E-state index contributed by atoms with van der Waals surface area (Å²) in [5.41, 5.74) is 5.00. The highest BCUT2D eigenvalue weighted by molar-refractivity contribution is 6.09. The minimum absolute atomic E-state index is 0.124. The Morgan fingerprint density at radius 2 is 2.03 bits per heavy atom. The van der Waals surface area contributed by atoms with Gasteiger partial charge in [-0.25, -0.2) is 9.37 Å². The van der Waals surface area contributed by atoms with E-state index in [0.717, 1.165) is 28.9 Å². The van der Waals surface area contributed by atoms with Gasteiger partial charge in [0.15, 0.2) is 0 Å². The number of carbonyl (C=O) groups is 1. The molecule has 33 heavy (non-hydrogen) atoms. The van der Waals surface area contributed by atoms with Crippen LogP contribution in [0.2, 0.25) is 0 Å². The predicted octanol–water partition coefficient (Wildman–Crippen LogP) is 3.64. The number of aryl methyl sites for hydroxylation is 2. The third-order valence-corrected chi connectivity index (χ3v) is 6.88. The van der Waals surface area contributed by atoms with Crippen LogP contribution in [0.15, 0.2) is 35.3 Å². The lowest BCUT2D eigenvalue weighted by molar-refractivity contribution is 0.0989. The average molecular weight is 446 g/mol. The number of benzene rings is 2. The molecule has 4 aromatic rings. The second kappa shape index (κ2) is 7.25. The van der Waals surface area contributed by atoms with E-state index in [4.69, 9.17) is 4.74 Å². The molecule has 2 aliphatic heterocycles. The van der Waals surface area contributed by atoms with Crippen LogP contribution in [0.25, 0.3) is 16.6 Å². The summed E-state index contributed by atoms with van der Waals surface area (Å²) < 4.78 is 21.7. The van der Waals surface area contributed by atoms with Crippen LogP contribution in [0.5, 0.6) is 0 Å². The number of rotatable bonds is 2. The van der Waals surface area contributed by atoms with Gasteiger partial charge < -0.3 is 14.6 Å². The maximum Gasteiger partial charge on any atom is 0.274 e. The van der Waals surface area contributed by atoms with E-state index in [1.165, 1.54) is 6.07 Å². The number of fused-ring (bicyclic) bond motifs is 4. The third-order valence-electron chi connectivity index (χ3n) is 6.88. The van der Waals surface area contributed by atoms with E-state index in [1.54, 1.807) is 24.1 Å². The number of aromatic nitrogens is 3. The molecule has 2 aliphatic rings. The predicted molar refractivity (Wildman–Crippen MR) is 123 cm³/mol. The zero-order valence-electron chi connectivity index (χ0n) is 18.4. The first-order chi connectivity index (χ1) is 15.9. The van der Waals surface area contributed by atoms with Gasteiger partial charge in [-0.15, -0.1) is 0 Å². The fourth-order valence-electron chi connectivity index (χ4n) is 5.09. The van der Waals surface area contributed by atoms with Gasteiger partial charge in [-0.1, -0.05) is 6.07 Å². The van der Waals surface area contributed by atoms with Crippen molar-refractivity contribution in [1.82, 2.24) is 14.4 Å². The number of H-pyrrole nitrogens is 1. The normalized spacial score (nSPS) is 17.9. The molecule has 2 aromatic heterocycles. The first-order valence-corrected chi connectivity index (χ1v) is 11.1. The molecule has 8 heteroatoms. The van der Waals surface area contributed by atoms with Gasteiger partial charge >= 0.3 is 0 Å². The van der Waals surface area contributed by atoms with Crippen molar-refractivity contribution in [1.29, 1.82) is 0 Å². The molecule has 0 bridgehead atoms. The Morgan fingerprint density at radius 1 is 1.18 bits per heavy atom. The number of hydrogen-bond donors (Lipinski definition) is 1. The van der Waals surface area contributed by atoms with E-state index in [1.807, 2.05) is 23.5 Å². The fraction of sp³-hybridized carbons (Fsp3) is 0.320. The van der Waals surface area contributed by atoms with Crippen LogP contribution < -0.4 is 10.5 Å². The van der Waals surface area contributed by atoms with Crippen LogP contribution in [0.1, 0.15) is 45.2 Å². The standard InChI is InChI=1S/C25H23FN4O3/c1-13-8-21-19(28-24(31)22-11-27-23(30(21)22)16-4-6-33-12-16)9-17(13)25(32)29-5-3-15-7-14(2)18(26)10-20(15)29/h7-11,16H,3-6,12H2,1-2H3,(H,28,31). The molecule has 0 saturated carbocycles. The lowest BCUT2D eigenvalue weighted by atomic mass is 10.0. The molecule has 1 saturated heterocycles. The maximum absolute atomic E-state index is 14.2. The van der Waals surface area contributed by atoms with Crippen molar-refractivity contribution in [2.24, 2.45) is 0 Å². The average Bonchev–Trinajstić information content (AvgIpc) is 3.53. The molecule has 2 aromatic carbocycles. The topological polar surface area (TPSA) is 79.7 Å². The molecule has 0 aliphatic carbocycles. The molecule has 0 spiro atoms. The number of ether oxygens (including phenoxy) is 1. The van der Waals surface area contributed by atoms with Gasteiger partial charge in [-0.05, 0) is 61.6 Å². The van der Waals surface area contributed by atoms with Crippen molar-refractivity contribution < 1.29 is 13.9 Å². The first-order valence-electron chi connectivity index (χ1n) is 11.1. The molecule has 1 amide bonds. The number of carbonyl (C=O) groups excluding carboxylic acids is 1. The molecular formula is C25H23FN4O3. The largest absolute Gasteiger partial charge is 0.381 e. The van der Waals surface area contributed by atoms with Crippen LogP contribution >= 0.6 is 0 Å². The Kier molecular flexibility index (Phi) is 4.42. The number of halogens is 1. The molecule has 0 radical (unpaired) electrons. The van der Waals surface area contributed by atoms with E-state index >= 15 is 0 Å². The Morgan fingerprint density at radius 3 is 2.82 bits per heavy atom. The summed E-state index contributed by atoms with van der Waals surface area (Å²) in [5, 5.41) is 0. The number of hydrogen-bond acceptors (Lipinski definition) is 4.